The number of aliphatic hydroxyl groups is 1. The van der Waals surface area contributed by atoms with E-state index < -0.39 is 47.2 Å². The van der Waals surface area contributed by atoms with Gasteiger partial charge in [-0.05, 0) is 47.2 Å². The molecule has 160 valence electrons. The highest BCUT2D eigenvalue weighted by Gasteiger charge is 2.39. The van der Waals surface area contributed by atoms with Gasteiger partial charge in [-0.3, -0.25) is 9.69 Å². The van der Waals surface area contributed by atoms with Gasteiger partial charge >= 0.3 is 12.4 Å². The molecule has 2 aromatic carbocycles. The van der Waals surface area contributed by atoms with Gasteiger partial charge in [0, 0.05) is 11.4 Å². The Hall–Kier alpha value is -2.66. The number of aliphatic hydroxyl groups excluding tert-OH is 1. The maximum Gasteiger partial charge on any atom is 0.419 e. The molecule has 0 saturated carbocycles. The number of benzene rings is 2. The van der Waals surface area contributed by atoms with E-state index >= 15 is 0 Å². The largest absolute Gasteiger partial charge is 0.507 e. The van der Waals surface area contributed by atoms with E-state index in [-0.39, 0.29) is 16.0 Å². The van der Waals surface area contributed by atoms with E-state index in [0.29, 0.717) is 17.8 Å². The molecule has 1 fully saturated rings. The molecule has 1 unspecified atom stereocenters. The van der Waals surface area contributed by atoms with Gasteiger partial charge < -0.3 is 10.2 Å². The number of alkyl halides is 6. The first-order valence-electron chi connectivity index (χ1n) is 8.31. The number of hydrogen-bond donors (Lipinski definition) is 2. The van der Waals surface area contributed by atoms with Crippen LogP contribution >= 0.6 is 11.8 Å². The number of thioether (sulfide) groups is 1. The number of carbonyl (C=O) groups is 1. The molecule has 30 heavy (non-hydrogen) atoms. The zero-order valence-electron chi connectivity index (χ0n) is 14.8. The van der Waals surface area contributed by atoms with E-state index in [1.54, 1.807) is 0 Å². The Morgan fingerprint density at radius 2 is 1.63 bits per heavy atom. The van der Waals surface area contributed by atoms with Gasteiger partial charge in [0.2, 0.25) is 0 Å². The highest BCUT2D eigenvalue weighted by Crippen LogP contribution is 2.40. The molecule has 0 radical (unpaired) electrons. The molecule has 2 aromatic rings. The number of carbonyl (C=O) groups excluding carboxylic acids is 1. The Balaban J connectivity index is 1.89. The van der Waals surface area contributed by atoms with Crippen molar-refractivity contribution in [2.24, 2.45) is 0 Å². The van der Waals surface area contributed by atoms with Crippen LogP contribution in [0.5, 0.6) is 5.75 Å². The van der Waals surface area contributed by atoms with E-state index in [1.165, 1.54) is 18.2 Å². The van der Waals surface area contributed by atoms with Crippen LogP contribution in [-0.4, -0.2) is 26.6 Å². The molecule has 1 heterocycles. The molecule has 1 amide bonds. The maximum absolute atomic E-state index is 13.2. The van der Waals surface area contributed by atoms with Crippen LogP contribution in [0.3, 0.4) is 0 Å². The summed E-state index contributed by atoms with van der Waals surface area (Å²) in [4.78, 5) is 12.9. The summed E-state index contributed by atoms with van der Waals surface area (Å²) in [5, 5.41) is 19.0. The monoisotopic (exact) mass is 449 g/mol. The van der Waals surface area contributed by atoms with E-state index in [1.807, 2.05) is 0 Å². The molecule has 1 aliphatic rings. The Morgan fingerprint density at radius 1 is 1.00 bits per heavy atom. The topological polar surface area (TPSA) is 60.8 Å². The molecule has 11 heteroatoms. The predicted octanol–water partition coefficient (Wildman–Crippen LogP) is 5.46. The number of nitrogens with zero attached hydrogens (tertiary/aromatic N) is 1. The van der Waals surface area contributed by atoms with Gasteiger partial charge in [-0.15, -0.1) is 0 Å². The van der Waals surface area contributed by atoms with Gasteiger partial charge in [0.05, 0.1) is 11.1 Å². The number of hydrogen-bond acceptors (Lipinski definition) is 4. The first kappa shape index (κ1) is 22.0. The van der Waals surface area contributed by atoms with Crippen LogP contribution in [-0.2, 0) is 18.9 Å². The van der Waals surface area contributed by atoms with Crippen LogP contribution in [0.2, 0.25) is 0 Å². The lowest BCUT2D eigenvalue weighted by atomic mass is 10.1. The van der Waals surface area contributed by atoms with E-state index in [2.05, 4.69) is 0 Å². The standard InChI is InChI=1S/C19H13F6NO3S/c20-18(21,22)12-4-2-1-3-11(12)9-26-16(28)15(30-17(26)29)8-10-5-6-14(27)13(7-10)19(23,24)25/h1-8,16,27-28H,9H2. The quantitative estimate of drug-likeness (QED) is 0.612. The number of phenols is 1. The maximum atomic E-state index is 13.2. The van der Waals surface area contributed by atoms with Crippen LogP contribution in [0.25, 0.3) is 6.08 Å². The third-order valence-electron chi connectivity index (χ3n) is 4.29. The normalized spacial score (nSPS) is 19.0. The summed E-state index contributed by atoms with van der Waals surface area (Å²) in [5.74, 6) is -0.981. The second-order valence-electron chi connectivity index (χ2n) is 6.35. The van der Waals surface area contributed by atoms with Crippen molar-refractivity contribution < 1.29 is 41.4 Å². The number of halogens is 6. The SMILES string of the molecule is O=C1SC(=Cc2ccc(O)c(C(F)(F)F)c2)C(O)N1Cc1ccccc1C(F)(F)F. The van der Waals surface area contributed by atoms with Gasteiger partial charge in [-0.25, -0.2) is 0 Å². The number of phenolic OH excluding ortho intramolecular Hbond substituents is 1. The molecule has 4 nitrogen and oxygen atoms in total. The average Bonchev–Trinajstić information content (AvgIpc) is 2.89. The van der Waals surface area contributed by atoms with Crippen molar-refractivity contribution in [2.75, 3.05) is 0 Å². The number of rotatable bonds is 3. The Bertz CT molecular complexity index is 1000. The van der Waals surface area contributed by atoms with Crippen molar-refractivity contribution in [3.8, 4) is 5.75 Å². The summed E-state index contributed by atoms with van der Waals surface area (Å²) in [5.41, 5.74) is -2.53. The van der Waals surface area contributed by atoms with Crippen molar-refractivity contribution in [1.82, 2.24) is 4.90 Å². The van der Waals surface area contributed by atoms with Gasteiger partial charge in [0.1, 0.15) is 5.75 Å². The third-order valence-corrected chi connectivity index (χ3v) is 5.26. The lowest BCUT2D eigenvalue weighted by Gasteiger charge is -2.22. The second kappa shape index (κ2) is 7.88. The zero-order chi connectivity index (χ0) is 22.3. The summed E-state index contributed by atoms with van der Waals surface area (Å²) in [6.07, 6.45) is -10.00. The smallest absolute Gasteiger partial charge is 0.419 e. The molecule has 1 atom stereocenters. The zero-order valence-corrected chi connectivity index (χ0v) is 15.6. The summed E-state index contributed by atoms with van der Waals surface area (Å²) in [7, 11) is 0. The Morgan fingerprint density at radius 3 is 2.27 bits per heavy atom. The number of aromatic hydroxyl groups is 1. The summed E-state index contributed by atoms with van der Waals surface area (Å²) >= 11 is 0.500. The lowest BCUT2D eigenvalue weighted by Crippen LogP contribution is -2.32. The van der Waals surface area contributed by atoms with Crippen molar-refractivity contribution in [2.45, 2.75) is 25.1 Å². The Kier molecular flexibility index (Phi) is 5.79. The summed E-state index contributed by atoms with van der Waals surface area (Å²) < 4.78 is 78.2. The van der Waals surface area contributed by atoms with Crippen LogP contribution < -0.4 is 0 Å². The molecule has 3 rings (SSSR count). The van der Waals surface area contributed by atoms with Crippen molar-refractivity contribution in [3.63, 3.8) is 0 Å². The first-order chi connectivity index (χ1) is 13.9. The average molecular weight is 449 g/mol. The van der Waals surface area contributed by atoms with Gasteiger partial charge in [0.25, 0.3) is 5.24 Å². The van der Waals surface area contributed by atoms with E-state index in [4.69, 9.17) is 0 Å². The molecule has 1 aliphatic heterocycles. The molecule has 0 aromatic heterocycles. The van der Waals surface area contributed by atoms with Crippen molar-refractivity contribution in [1.29, 1.82) is 0 Å². The van der Waals surface area contributed by atoms with E-state index in [0.717, 1.165) is 29.2 Å². The van der Waals surface area contributed by atoms with Gasteiger partial charge in [0.15, 0.2) is 6.23 Å². The highest BCUT2D eigenvalue weighted by atomic mass is 32.2. The second-order valence-corrected chi connectivity index (χ2v) is 7.37. The Labute approximate surface area is 170 Å². The van der Waals surface area contributed by atoms with Crippen LogP contribution in [0, 0.1) is 0 Å². The first-order valence-corrected chi connectivity index (χ1v) is 9.13. The minimum Gasteiger partial charge on any atom is -0.507 e. The lowest BCUT2D eigenvalue weighted by molar-refractivity contribution is -0.139. The fourth-order valence-electron chi connectivity index (χ4n) is 2.87. The van der Waals surface area contributed by atoms with Crippen LogP contribution in [0.4, 0.5) is 31.1 Å². The minimum absolute atomic E-state index is 0.0491. The summed E-state index contributed by atoms with van der Waals surface area (Å²) in [6.45, 7) is -0.538. The molecule has 0 aliphatic carbocycles. The van der Waals surface area contributed by atoms with Crippen LogP contribution in [0.15, 0.2) is 47.4 Å². The fourth-order valence-corrected chi connectivity index (χ4v) is 3.78. The molecular formula is C19H13F6NO3S. The predicted molar refractivity (Wildman–Crippen MR) is 97.1 cm³/mol. The van der Waals surface area contributed by atoms with Crippen molar-refractivity contribution >= 4 is 23.1 Å². The molecule has 1 saturated heterocycles. The highest BCUT2D eigenvalue weighted by molar-refractivity contribution is 8.17. The van der Waals surface area contributed by atoms with Crippen molar-refractivity contribution in [3.05, 3.63) is 69.6 Å². The van der Waals surface area contributed by atoms with Crippen LogP contribution in [0.1, 0.15) is 22.3 Å². The molecule has 2 N–H and O–H groups in total. The minimum atomic E-state index is -4.82. The fraction of sp³-hybridized carbons (Fsp3) is 0.211. The number of amides is 1. The third kappa shape index (κ3) is 4.57. The molecular weight excluding hydrogens is 436 g/mol. The molecule has 0 spiro atoms. The summed E-state index contributed by atoms with van der Waals surface area (Å²) in [6, 6.07) is 7.18. The van der Waals surface area contributed by atoms with E-state index in [9.17, 15) is 41.4 Å². The van der Waals surface area contributed by atoms with Gasteiger partial charge in [-0.2, -0.15) is 26.3 Å². The van der Waals surface area contributed by atoms with Gasteiger partial charge in [-0.1, -0.05) is 24.3 Å². The molecule has 0 bridgehead atoms.